The molecule has 1 aromatic heterocycles. The summed E-state index contributed by atoms with van der Waals surface area (Å²) < 4.78 is 0. The number of aromatic nitrogens is 2. The van der Waals surface area contributed by atoms with Crippen molar-refractivity contribution in [2.75, 3.05) is 9.80 Å². The maximum atomic E-state index is 5.26. The second-order valence-corrected chi connectivity index (χ2v) is 16.2. The molecule has 0 amide bonds. The molecule has 0 N–H and O–H groups in total. The predicted octanol–water partition coefficient (Wildman–Crippen LogP) is 15.1. The first-order valence-electron chi connectivity index (χ1n) is 21.3. The molecule has 9 aromatic carbocycles. The molecule has 0 radical (unpaired) electrons. The standard InChI is InChI=1S/C58H40N4/c1-3-16-44(17-4-1)61(47-33-28-40(29-34-47)42-30-35-56-53(37-42)50-22-11-12-25-55(50)62(56)45-18-5-2-6-19-45)46-31-26-39(27-32-46)41-14-13-15-43(36-41)54-38-59-57-51-23-9-7-20-48(51)49-21-8-10-24-52(49)58(57)60-54/h1-38,50,55H. The molecule has 4 nitrogen and oxygen atoms in total. The summed E-state index contributed by atoms with van der Waals surface area (Å²) in [6.07, 6.45) is 11.0. The Morgan fingerprint density at radius 2 is 0.968 bits per heavy atom. The summed E-state index contributed by atoms with van der Waals surface area (Å²) in [5.74, 6) is 0.308. The molecular formula is C58H40N4. The van der Waals surface area contributed by atoms with E-state index in [1.165, 1.54) is 38.8 Å². The molecule has 2 unspecified atom stereocenters. The van der Waals surface area contributed by atoms with Gasteiger partial charge in [0.05, 0.1) is 29.0 Å². The molecule has 12 rings (SSSR count). The van der Waals surface area contributed by atoms with Crippen LogP contribution in [0.15, 0.2) is 231 Å². The van der Waals surface area contributed by atoms with Crippen LogP contribution in [-0.4, -0.2) is 16.0 Å². The van der Waals surface area contributed by atoms with Crippen LogP contribution in [-0.2, 0) is 0 Å². The van der Waals surface area contributed by atoms with Gasteiger partial charge < -0.3 is 9.80 Å². The van der Waals surface area contributed by atoms with Crippen LogP contribution in [0.5, 0.6) is 0 Å². The van der Waals surface area contributed by atoms with Gasteiger partial charge in [-0.05, 0) is 105 Å². The van der Waals surface area contributed by atoms with Crippen molar-refractivity contribution in [3.8, 4) is 33.5 Å². The Morgan fingerprint density at radius 3 is 1.66 bits per heavy atom. The van der Waals surface area contributed by atoms with Crippen molar-refractivity contribution in [3.63, 3.8) is 0 Å². The average Bonchev–Trinajstić information content (AvgIpc) is 3.69. The van der Waals surface area contributed by atoms with E-state index in [1.54, 1.807) is 0 Å². The molecule has 10 aromatic rings. The maximum Gasteiger partial charge on any atom is 0.0979 e. The van der Waals surface area contributed by atoms with Crippen LogP contribution < -0.4 is 9.80 Å². The molecule has 0 spiro atoms. The van der Waals surface area contributed by atoms with Gasteiger partial charge in [0.2, 0.25) is 0 Å². The number of fused-ring (bicyclic) bond motifs is 9. The van der Waals surface area contributed by atoms with Gasteiger partial charge in [-0.1, -0.05) is 158 Å². The van der Waals surface area contributed by atoms with Gasteiger partial charge in [-0.25, -0.2) is 4.98 Å². The largest absolute Gasteiger partial charge is 0.333 e. The lowest BCUT2D eigenvalue weighted by Crippen LogP contribution is -2.28. The Hall–Kier alpha value is -8.08. The van der Waals surface area contributed by atoms with Crippen molar-refractivity contribution in [2.45, 2.75) is 12.0 Å². The monoisotopic (exact) mass is 792 g/mol. The molecule has 2 heterocycles. The minimum absolute atomic E-state index is 0.270. The Labute approximate surface area is 361 Å². The van der Waals surface area contributed by atoms with E-state index in [0.29, 0.717) is 5.92 Å². The highest BCUT2D eigenvalue weighted by Crippen LogP contribution is 2.49. The minimum atomic E-state index is 0.270. The smallest absolute Gasteiger partial charge is 0.0979 e. The molecule has 0 bridgehead atoms. The maximum absolute atomic E-state index is 5.26. The number of nitrogens with zero attached hydrogens (tertiary/aromatic N) is 4. The van der Waals surface area contributed by atoms with Crippen LogP contribution in [0.25, 0.3) is 66.1 Å². The molecule has 0 saturated heterocycles. The summed E-state index contributed by atoms with van der Waals surface area (Å²) in [4.78, 5) is 15.1. The van der Waals surface area contributed by atoms with Crippen molar-refractivity contribution in [2.24, 2.45) is 0 Å². The number of allylic oxidation sites excluding steroid dienone is 2. The van der Waals surface area contributed by atoms with Gasteiger partial charge in [-0.2, -0.15) is 0 Å². The molecule has 292 valence electrons. The SMILES string of the molecule is C1=CC2c3cc(-c4ccc(N(c5ccccc5)c5ccc(-c6cccc(-c7cnc8c9ccccc9c9ccccc9c8n7)c6)cc5)cc4)ccc3N(c3ccccc3)C2C=C1. The molecule has 2 aliphatic rings. The van der Waals surface area contributed by atoms with Crippen molar-refractivity contribution >= 4 is 61.0 Å². The van der Waals surface area contributed by atoms with Crippen LogP contribution in [0.1, 0.15) is 11.5 Å². The first-order chi connectivity index (χ1) is 30.7. The second-order valence-electron chi connectivity index (χ2n) is 16.2. The number of para-hydroxylation sites is 2. The van der Waals surface area contributed by atoms with Crippen molar-refractivity contribution in [3.05, 3.63) is 236 Å². The highest BCUT2D eigenvalue weighted by molar-refractivity contribution is 6.23. The first kappa shape index (κ1) is 35.8. The lowest BCUT2D eigenvalue weighted by molar-refractivity contribution is 0.745. The summed E-state index contributed by atoms with van der Waals surface area (Å²) in [5, 5.41) is 4.63. The summed E-state index contributed by atoms with van der Waals surface area (Å²) in [6.45, 7) is 0. The van der Waals surface area contributed by atoms with E-state index >= 15 is 0 Å². The fourth-order valence-corrected chi connectivity index (χ4v) is 9.66. The number of rotatable bonds is 7. The van der Waals surface area contributed by atoms with Crippen LogP contribution >= 0.6 is 0 Å². The van der Waals surface area contributed by atoms with Crippen molar-refractivity contribution in [1.82, 2.24) is 9.97 Å². The summed E-state index contributed by atoms with van der Waals surface area (Å²) in [6, 6.07) is 72.1. The van der Waals surface area contributed by atoms with Crippen molar-refractivity contribution in [1.29, 1.82) is 0 Å². The second kappa shape index (κ2) is 14.9. The van der Waals surface area contributed by atoms with Crippen LogP contribution in [0.4, 0.5) is 28.4 Å². The van der Waals surface area contributed by atoms with Gasteiger partial charge in [-0.15, -0.1) is 0 Å². The van der Waals surface area contributed by atoms with Crippen molar-refractivity contribution < 1.29 is 0 Å². The average molecular weight is 793 g/mol. The summed E-state index contributed by atoms with van der Waals surface area (Å²) in [5.41, 5.74) is 15.6. The Kier molecular flexibility index (Phi) is 8.60. The van der Waals surface area contributed by atoms with Gasteiger partial charge >= 0.3 is 0 Å². The van der Waals surface area contributed by atoms with E-state index in [2.05, 4.69) is 234 Å². The van der Waals surface area contributed by atoms with E-state index in [0.717, 1.165) is 61.3 Å². The van der Waals surface area contributed by atoms with Crippen LogP contribution in [0.3, 0.4) is 0 Å². The lowest BCUT2D eigenvalue weighted by Gasteiger charge is -2.28. The third-order valence-corrected chi connectivity index (χ3v) is 12.6. The zero-order valence-corrected chi connectivity index (χ0v) is 33.9. The predicted molar refractivity (Wildman–Crippen MR) is 259 cm³/mol. The molecular weight excluding hydrogens is 753 g/mol. The molecule has 0 saturated carbocycles. The third-order valence-electron chi connectivity index (χ3n) is 12.6. The molecule has 1 aliphatic carbocycles. The number of benzene rings is 9. The zero-order chi connectivity index (χ0) is 41.0. The van der Waals surface area contributed by atoms with Gasteiger partial charge in [0.1, 0.15) is 0 Å². The Balaban J connectivity index is 0.854. The topological polar surface area (TPSA) is 32.3 Å². The highest BCUT2D eigenvalue weighted by Gasteiger charge is 2.37. The molecule has 62 heavy (non-hydrogen) atoms. The quantitative estimate of drug-likeness (QED) is 0.151. The minimum Gasteiger partial charge on any atom is -0.333 e. The number of hydrogen-bond acceptors (Lipinski definition) is 4. The summed E-state index contributed by atoms with van der Waals surface area (Å²) >= 11 is 0. The fraction of sp³-hybridized carbons (Fsp3) is 0.0345. The van der Waals surface area contributed by atoms with E-state index in [-0.39, 0.29) is 6.04 Å². The molecule has 0 fully saturated rings. The summed E-state index contributed by atoms with van der Waals surface area (Å²) in [7, 11) is 0. The van der Waals surface area contributed by atoms with Gasteiger partial charge in [0.15, 0.2) is 0 Å². The van der Waals surface area contributed by atoms with E-state index < -0.39 is 0 Å². The molecule has 2 atom stereocenters. The first-order valence-corrected chi connectivity index (χ1v) is 21.3. The molecule has 4 heteroatoms. The normalized spacial score (nSPS) is 15.3. The van der Waals surface area contributed by atoms with Crippen LogP contribution in [0.2, 0.25) is 0 Å². The lowest BCUT2D eigenvalue weighted by atomic mass is 9.89. The number of hydrogen-bond donors (Lipinski definition) is 0. The van der Waals surface area contributed by atoms with Gasteiger partial charge in [-0.3, -0.25) is 4.98 Å². The van der Waals surface area contributed by atoms with E-state index in [4.69, 9.17) is 9.97 Å². The van der Waals surface area contributed by atoms with E-state index in [9.17, 15) is 0 Å². The van der Waals surface area contributed by atoms with Gasteiger partial charge in [0.25, 0.3) is 0 Å². The Bertz CT molecular complexity index is 3320. The number of anilines is 5. The molecule has 1 aliphatic heterocycles. The van der Waals surface area contributed by atoms with E-state index in [1.807, 2.05) is 6.20 Å². The Morgan fingerprint density at radius 1 is 0.419 bits per heavy atom. The zero-order valence-electron chi connectivity index (χ0n) is 33.9. The third kappa shape index (κ3) is 6.07. The van der Waals surface area contributed by atoms with Gasteiger partial charge in [0, 0.05) is 50.7 Å². The fourth-order valence-electron chi connectivity index (χ4n) is 9.66. The van der Waals surface area contributed by atoms with Crippen LogP contribution in [0, 0.1) is 0 Å². The highest BCUT2D eigenvalue weighted by atomic mass is 15.2.